The smallest absolute Gasteiger partial charge is 0.149 e. The Balaban J connectivity index is 2.35. The Hall–Kier alpha value is -0.870. The minimum absolute atomic E-state index is 0.240. The molecule has 3 nitrogen and oxygen atoms in total. The van der Waals surface area contributed by atoms with Gasteiger partial charge in [-0.25, -0.2) is 0 Å². The van der Waals surface area contributed by atoms with E-state index in [0.29, 0.717) is 5.75 Å². The summed E-state index contributed by atoms with van der Waals surface area (Å²) < 4.78 is 0. The average molecular weight is 231 g/mol. The van der Waals surface area contributed by atoms with Gasteiger partial charge in [-0.05, 0) is 17.7 Å². The Morgan fingerprint density at radius 2 is 2.07 bits per heavy atom. The van der Waals surface area contributed by atoms with Gasteiger partial charge in [0.25, 0.3) is 0 Å². The average Bonchev–Trinajstić information content (AvgIpc) is 2.21. The number of benzene rings is 1. The summed E-state index contributed by atoms with van der Waals surface area (Å²) in [5.74, 6) is 1.59. The van der Waals surface area contributed by atoms with Gasteiger partial charge in [0, 0.05) is 10.8 Å². The van der Waals surface area contributed by atoms with Gasteiger partial charge in [0.2, 0.25) is 0 Å². The SMILES string of the molecule is NC(CSCc1ccc(Cl)cc1)=NO. The standard InChI is InChI=1S/C9H11ClN2OS/c10-8-3-1-7(2-4-8)5-14-6-9(11)12-13/h1-4,13H,5-6H2,(H2,11,12). The topological polar surface area (TPSA) is 58.6 Å². The highest BCUT2D eigenvalue weighted by molar-refractivity contribution is 7.99. The Bertz CT molecular complexity index is 313. The minimum atomic E-state index is 0.240. The lowest BCUT2D eigenvalue weighted by Gasteiger charge is -2.00. The van der Waals surface area contributed by atoms with Crippen molar-refractivity contribution in [3.63, 3.8) is 0 Å². The predicted molar refractivity (Wildman–Crippen MR) is 61.0 cm³/mol. The second-order valence-electron chi connectivity index (χ2n) is 2.71. The monoisotopic (exact) mass is 230 g/mol. The molecule has 1 rings (SSSR count). The molecule has 0 aliphatic carbocycles. The largest absolute Gasteiger partial charge is 0.409 e. The van der Waals surface area contributed by atoms with E-state index in [1.54, 1.807) is 11.8 Å². The summed E-state index contributed by atoms with van der Waals surface area (Å²) in [4.78, 5) is 0. The maximum atomic E-state index is 8.30. The third kappa shape index (κ3) is 3.89. The van der Waals surface area contributed by atoms with Gasteiger partial charge < -0.3 is 10.9 Å². The zero-order valence-corrected chi connectivity index (χ0v) is 9.05. The number of nitrogens with two attached hydrogens (primary N) is 1. The number of halogens is 1. The lowest BCUT2D eigenvalue weighted by molar-refractivity contribution is 0.318. The summed E-state index contributed by atoms with van der Waals surface area (Å²) in [5.41, 5.74) is 6.49. The van der Waals surface area contributed by atoms with E-state index in [1.807, 2.05) is 24.3 Å². The first kappa shape index (κ1) is 11.2. The Morgan fingerprint density at radius 1 is 1.43 bits per heavy atom. The minimum Gasteiger partial charge on any atom is -0.409 e. The van der Waals surface area contributed by atoms with Crippen molar-refractivity contribution in [3.05, 3.63) is 34.9 Å². The molecule has 14 heavy (non-hydrogen) atoms. The molecule has 5 heteroatoms. The van der Waals surface area contributed by atoms with Crippen LogP contribution in [0, 0.1) is 0 Å². The van der Waals surface area contributed by atoms with Crippen LogP contribution in [0.5, 0.6) is 0 Å². The quantitative estimate of drug-likeness (QED) is 0.361. The van der Waals surface area contributed by atoms with Crippen molar-refractivity contribution in [2.75, 3.05) is 5.75 Å². The van der Waals surface area contributed by atoms with Crippen molar-refractivity contribution in [2.24, 2.45) is 10.9 Å². The molecule has 0 amide bonds. The molecule has 0 saturated carbocycles. The summed E-state index contributed by atoms with van der Waals surface area (Å²) in [6, 6.07) is 7.62. The van der Waals surface area contributed by atoms with E-state index in [0.717, 1.165) is 10.8 Å². The Labute approximate surface area is 91.9 Å². The molecule has 0 bridgehead atoms. The number of oxime groups is 1. The van der Waals surface area contributed by atoms with Gasteiger partial charge in [-0.3, -0.25) is 0 Å². The van der Waals surface area contributed by atoms with Crippen molar-refractivity contribution < 1.29 is 5.21 Å². The van der Waals surface area contributed by atoms with Crippen LogP contribution in [0.1, 0.15) is 5.56 Å². The fraction of sp³-hybridized carbons (Fsp3) is 0.222. The molecule has 0 saturated heterocycles. The first-order chi connectivity index (χ1) is 6.72. The first-order valence-corrected chi connectivity index (χ1v) is 5.54. The predicted octanol–water partition coefficient (Wildman–Crippen LogP) is 2.32. The third-order valence-corrected chi connectivity index (χ3v) is 2.85. The van der Waals surface area contributed by atoms with E-state index in [2.05, 4.69) is 5.16 Å². The number of thioether (sulfide) groups is 1. The number of hydrogen-bond acceptors (Lipinski definition) is 3. The van der Waals surface area contributed by atoms with Crippen molar-refractivity contribution in [3.8, 4) is 0 Å². The fourth-order valence-corrected chi connectivity index (χ4v) is 1.81. The molecule has 0 fully saturated rings. The maximum Gasteiger partial charge on any atom is 0.149 e. The van der Waals surface area contributed by atoms with E-state index in [9.17, 15) is 0 Å². The zero-order valence-electron chi connectivity index (χ0n) is 7.48. The molecular weight excluding hydrogens is 220 g/mol. The second-order valence-corrected chi connectivity index (χ2v) is 4.13. The van der Waals surface area contributed by atoms with Gasteiger partial charge in [-0.1, -0.05) is 28.9 Å². The zero-order chi connectivity index (χ0) is 10.4. The molecule has 76 valence electrons. The molecule has 0 heterocycles. The number of rotatable bonds is 4. The number of nitrogens with zero attached hydrogens (tertiary/aromatic N) is 1. The van der Waals surface area contributed by atoms with Crippen LogP contribution in [0.3, 0.4) is 0 Å². The van der Waals surface area contributed by atoms with E-state index in [1.165, 1.54) is 5.56 Å². The van der Waals surface area contributed by atoms with Gasteiger partial charge in [0.1, 0.15) is 5.84 Å². The van der Waals surface area contributed by atoms with Crippen LogP contribution in [0.25, 0.3) is 0 Å². The molecule has 0 atom stereocenters. The Kier molecular flexibility index (Phi) is 4.62. The van der Waals surface area contributed by atoms with Gasteiger partial charge >= 0.3 is 0 Å². The van der Waals surface area contributed by atoms with Gasteiger partial charge in [-0.2, -0.15) is 0 Å². The third-order valence-electron chi connectivity index (χ3n) is 1.56. The summed E-state index contributed by atoms with van der Waals surface area (Å²) in [6.45, 7) is 0. The molecule has 0 aliphatic rings. The van der Waals surface area contributed by atoms with Crippen LogP contribution in [-0.4, -0.2) is 16.8 Å². The van der Waals surface area contributed by atoms with Crippen LogP contribution in [-0.2, 0) is 5.75 Å². The molecule has 0 spiro atoms. The van der Waals surface area contributed by atoms with Crippen LogP contribution in [0.15, 0.2) is 29.4 Å². The molecule has 0 radical (unpaired) electrons. The highest BCUT2D eigenvalue weighted by Crippen LogP contribution is 2.15. The lowest BCUT2D eigenvalue weighted by Crippen LogP contribution is -2.14. The van der Waals surface area contributed by atoms with E-state index < -0.39 is 0 Å². The number of amidine groups is 1. The molecule has 1 aromatic rings. The highest BCUT2D eigenvalue weighted by atomic mass is 35.5. The van der Waals surface area contributed by atoms with Gasteiger partial charge in [0.05, 0.1) is 5.75 Å². The summed E-state index contributed by atoms with van der Waals surface area (Å²) >= 11 is 7.33. The van der Waals surface area contributed by atoms with Crippen molar-refractivity contribution in [1.82, 2.24) is 0 Å². The van der Waals surface area contributed by atoms with Crippen LogP contribution in [0.2, 0.25) is 5.02 Å². The lowest BCUT2D eigenvalue weighted by atomic mass is 10.2. The van der Waals surface area contributed by atoms with Crippen LogP contribution < -0.4 is 5.73 Å². The molecule has 1 aromatic carbocycles. The van der Waals surface area contributed by atoms with E-state index in [-0.39, 0.29) is 5.84 Å². The van der Waals surface area contributed by atoms with E-state index >= 15 is 0 Å². The molecule has 3 N–H and O–H groups in total. The van der Waals surface area contributed by atoms with Crippen molar-refractivity contribution >= 4 is 29.2 Å². The van der Waals surface area contributed by atoms with E-state index in [4.69, 9.17) is 22.5 Å². The Morgan fingerprint density at radius 3 is 2.64 bits per heavy atom. The maximum absolute atomic E-state index is 8.30. The van der Waals surface area contributed by atoms with Crippen LogP contribution in [0.4, 0.5) is 0 Å². The fourth-order valence-electron chi connectivity index (χ4n) is 0.883. The summed E-state index contributed by atoms with van der Waals surface area (Å²) in [7, 11) is 0. The highest BCUT2D eigenvalue weighted by Gasteiger charge is 1.96. The molecule has 0 aliphatic heterocycles. The summed E-state index contributed by atoms with van der Waals surface area (Å²) in [6.07, 6.45) is 0. The second kappa shape index (κ2) is 5.78. The normalized spacial score (nSPS) is 11.6. The summed E-state index contributed by atoms with van der Waals surface area (Å²) in [5, 5.41) is 11.9. The molecular formula is C9H11ClN2OS. The van der Waals surface area contributed by atoms with Gasteiger partial charge in [0.15, 0.2) is 0 Å². The first-order valence-electron chi connectivity index (χ1n) is 4.01. The van der Waals surface area contributed by atoms with Gasteiger partial charge in [-0.15, -0.1) is 11.8 Å². The number of hydrogen-bond donors (Lipinski definition) is 2. The molecule has 0 aromatic heterocycles. The molecule has 0 unspecified atom stereocenters. The van der Waals surface area contributed by atoms with Crippen molar-refractivity contribution in [2.45, 2.75) is 5.75 Å². The van der Waals surface area contributed by atoms with Crippen LogP contribution >= 0.6 is 23.4 Å². The van der Waals surface area contributed by atoms with Crippen molar-refractivity contribution in [1.29, 1.82) is 0 Å².